The maximum atomic E-state index is 11.4. The third kappa shape index (κ3) is 1.92. The molecule has 84 valence electrons. The van der Waals surface area contributed by atoms with Crippen LogP contribution in [0.1, 0.15) is 16.1 Å². The van der Waals surface area contributed by atoms with Crippen LogP contribution in [0.4, 0.5) is 0 Å². The zero-order valence-corrected chi connectivity index (χ0v) is 10.6. The maximum Gasteiger partial charge on any atom is 0.337 e. The van der Waals surface area contributed by atoms with Gasteiger partial charge in [-0.25, -0.2) is 4.79 Å². The molecule has 0 saturated heterocycles. The van der Waals surface area contributed by atoms with E-state index in [4.69, 9.17) is 9.52 Å². The number of carbonyl (C=O) groups excluding carboxylic acids is 1. The van der Waals surface area contributed by atoms with Crippen molar-refractivity contribution < 1.29 is 19.1 Å². The molecule has 0 radical (unpaired) electrons. The molecule has 0 bridgehead atoms. The molecule has 5 heteroatoms. The molecule has 4 nitrogen and oxygen atoms in total. The first-order valence-corrected chi connectivity index (χ1v) is 5.64. The minimum atomic E-state index is -0.383. The van der Waals surface area contributed by atoms with Gasteiger partial charge in [0, 0.05) is 5.39 Å². The highest BCUT2D eigenvalue weighted by atomic mass is 127. The Balaban J connectivity index is 2.61. The van der Waals surface area contributed by atoms with E-state index in [2.05, 4.69) is 27.3 Å². The standard InChI is InChI=1S/C11H9IO4/c1-15-11(14)7-2-6-3-8(5-13)16-10(6)9(12)4-7/h2-4,13H,5H2,1H3. The molecule has 0 saturated carbocycles. The molecule has 0 aliphatic rings. The Morgan fingerprint density at radius 1 is 1.50 bits per heavy atom. The van der Waals surface area contributed by atoms with Gasteiger partial charge < -0.3 is 14.3 Å². The van der Waals surface area contributed by atoms with Crippen molar-refractivity contribution in [3.63, 3.8) is 0 Å². The Morgan fingerprint density at radius 3 is 2.88 bits per heavy atom. The Bertz CT molecular complexity index is 544. The summed E-state index contributed by atoms with van der Waals surface area (Å²) in [4.78, 5) is 11.4. The molecule has 0 aliphatic carbocycles. The van der Waals surface area contributed by atoms with E-state index in [9.17, 15) is 4.79 Å². The van der Waals surface area contributed by atoms with Gasteiger partial charge in [-0.1, -0.05) is 0 Å². The predicted molar refractivity (Wildman–Crippen MR) is 66.2 cm³/mol. The van der Waals surface area contributed by atoms with Crippen molar-refractivity contribution in [2.24, 2.45) is 0 Å². The zero-order valence-electron chi connectivity index (χ0n) is 8.49. The Labute approximate surface area is 105 Å². The van der Waals surface area contributed by atoms with Crippen LogP contribution in [0.15, 0.2) is 22.6 Å². The predicted octanol–water partition coefficient (Wildman–Crippen LogP) is 2.32. The number of methoxy groups -OCH3 is 1. The summed E-state index contributed by atoms with van der Waals surface area (Å²) in [7, 11) is 1.34. The lowest BCUT2D eigenvalue weighted by molar-refractivity contribution is 0.0601. The number of benzene rings is 1. The number of hydrogen-bond acceptors (Lipinski definition) is 4. The number of esters is 1. The first-order chi connectivity index (χ1) is 7.65. The number of rotatable bonds is 2. The summed E-state index contributed by atoms with van der Waals surface area (Å²) in [6, 6.07) is 5.09. The van der Waals surface area contributed by atoms with Crippen molar-refractivity contribution in [2.45, 2.75) is 6.61 Å². The Kier molecular flexibility index (Phi) is 3.15. The molecule has 2 rings (SSSR count). The number of halogens is 1. The van der Waals surface area contributed by atoms with E-state index >= 15 is 0 Å². The van der Waals surface area contributed by atoms with Crippen LogP contribution in [0, 0.1) is 3.57 Å². The van der Waals surface area contributed by atoms with E-state index < -0.39 is 0 Å². The minimum absolute atomic E-state index is 0.154. The van der Waals surface area contributed by atoms with Crippen molar-refractivity contribution in [3.05, 3.63) is 33.1 Å². The summed E-state index contributed by atoms with van der Waals surface area (Å²) in [5, 5.41) is 9.75. The zero-order chi connectivity index (χ0) is 11.7. The molecule has 0 amide bonds. The number of hydrogen-bond donors (Lipinski definition) is 1. The van der Waals surface area contributed by atoms with Gasteiger partial charge in [0.15, 0.2) is 0 Å². The van der Waals surface area contributed by atoms with Gasteiger partial charge in [-0.15, -0.1) is 0 Å². The monoisotopic (exact) mass is 332 g/mol. The van der Waals surface area contributed by atoms with Crippen LogP contribution in [0.3, 0.4) is 0 Å². The van der Waals surface area contributed by atoms with Crippen LogP contribution in [-0.2, 0) is 11.3 Å². The van der Waals surface area contributed by atoms with E-state index in [-0.39, 0.29) is 12.6 Å². The number of ether oxygens (including phenoxy) is 1. The van der Waals surface area contributed by atoms with E-state index in [1.165, 1.54) is 7.11 Å². The quantitative estimate of drug-likeness (QED) is 0.677. The van der Waals surface area contributed by atoms with E-state index in [1.54, 1.807) is 18.2 Å². The third-order valence-corrected chi connectivity index (χ3v) is 3.00. The molecule has 16 heavy (non-hydrogen) atoms. The summed E-state index contributed by atoms with van der Waals surface area (Å²) >= 11 is 2.08. The molecular weight excluding hydrogens is 323 g/mol. The SMILES string of the molecule is COC(=O)c1cc(I)c2oc(CO)cc2c1. The molecule has 1 heterocycles. The van der Waals surface area contributed by atoms with Crippen molar-refractivity contribution in [1.82, 2.24) is 0 Å². The average molecular weight is 332 g/mol. The second-order valence-corrected chi connectivity index (χ2v) is 4.40. The second kappa shape index (κ2) is 4.42. The van der Waals surface area contributed by atoms with Crippen molar-refractivity contribution in [2.75, 3.05) is 7.11 Å². The van der Waals surface area contributed by atoms with Crippen LogP contribution in [-0.4, -0.2) is 18.2 Å². The maximum absolute atomic E-state index is 11.4. The average Bonchev–Trinajstić information content (AvgIpc) is 2.71. The fourth-order valence-corrected chi connectivity index (χ4v) is 2.23. The number of fused-ring (bicyclic) bond motifs is 1. The van der Waals surface area contributed by atoms with Gasteiger partial charge in [-0.05, 0) is 40.8 Å². The molecule has 1 aromatic carbocycles. The van der Waals surface area contributed by atoms with Crippen LogP contribution in [0.25, 0.3) is 11.0 Å². The second-order valence-electron chi connectivity index (χ2n) is 3.24. The fraction of sp³-hybridized carbons (Fsp3) is 0.182. The van der Waals surface area contributed by atoms with Gasteiger partial charge >= 0.3 is 5.97 Å². The molecule has 1 aromatic heterocycles. The molecule has 0 aliphatic heterocycles. The molecular formula is C11H9IO4. The largest absolute Gasteiger partial charge is 0.465 e. The highest BCUT2D eigenvalue weighted by Crippen LogP contribution is 2.26. The fourth-order valence-electron chi connectivity index (χ4n) is 1.48. The van der Waals surface area contributed by atoms with E-state index in [0.717, 1.165) is 8.96 Å². The number of furan rings is 1. The van der Waals surface area contributed by atoms with Crippen molar-refractivity contribution >= 4 is 39.5 Å². The van der Waals surface area contributed by atoms with Gasteiger partial charge in [0.25, 0.3) is 0 Å². The number of aliphatic hydroxyl groups excluding tert-OH is 1. The smallest absolute Gasteiger partial charge is 0.337 e. The number of carbonyl (C=O) groups is 1. The molecule has 0 spiro atoms. The highest BCUT2D eigenvalue weighted by molar-refractivity contribution is 14.1. The van der Waals surface area contributed by atoms with Crippen LogP contribution >= 0.6 is 22.6 Å². The molecule has 0 unspecified atom stereocenters. The van der Waals surface area contributed by atoms with Crippen LogP contribution < -0.4 is 0 Å². The summed E-state index contributed by atoms with van der Waals surface area (Å²) in [6.07, 6.45) is 0. The summed E-state index contributed by atoms with van der Waals surface area (Å²) in [5.74, 6) is 0.0986. The summed E-state index contributed by atoms with van der Waals surface area (Å²) < 4.78 is 10.9. The topological polar surface area (TPSA) is 59.7 Å². The van der Waals surface area contributed by atoms with Gasteiger partial charge in [-0.3, -0.25) is 0 Å². The molecule has 2 aromatic rings. The molecule has 1 N–H and O–H groups in total. The van der Waals surface area contributed by atoms with Crippen LogP contribution in [0.5, 0.6) is 0 Å². The minimum Gasteiger partial charge on any atom is -0.465 e. The molecule has 0 atom stereocenters. The van der Waals surface area contributed by atoms with Crippen LogP contribution in [0.2, 0.25) is 0 Å². The van der Waals surface area contributed by atoms with E-state index in [0.29, 0.717) is 16.9 Å². The highest BCUT2D eigenvalue weighted by Gasteiger charge is 2.12. The first-order valence-electron chi connectivity index (χ1n) is 4.57. The summed E-state index contributed by atoms with van der Waals surface area (Å²) in [6.45, 7) is -0.154. The lowest BCUT2D eigenvalue weighted by Crippen LogP contribution is -2.01. The first kappa shape index (κ1) is 11.4. The third-order valence-electron chi connectivity index (χ3n) is 2.20. The number of aliphatic hydroxyl groups is 1. The molecule has 0 fully saturated rings. The van der Waals surface area contributed by atoms with Crippen molar-refractivity contribution in [1.29, 1.82) is 0 Å². The van der Waals surface area contributed by atoms with Gasteiger partial charge in [0.2, 0.25) is 0 Å². The summed E-state index contributed by atoms with van der Waals surface area (Å²) in [5.41, 5.74) is 1.15. The lowest BCUT2D eigenvalue weighted by Gasteiger charge is -2.00. The lowest BCUT2D eigenvalue weighted by atomic mass is 10.1. The van der Waals surface area contributed by atoms with Crippen molar-refractivity contribution in [3.8, 4) is 0 Å². The van der Waals surface area contributed by atoms with Gasteiger partial charge in [0.1, 0.15) is 18.0 Å². The van der Waals surface area contributed by atoms with Gasteiger partial charge in [-0.2, -0.15) is 0 Å². The normalized spacial score (nSPS) is 10.7. The Morgan fingerprint density at radius 2 is 2.25 bits per heavy atom. The van der Waals surface area contributed by atoms with Gasteiger partial charge in [0.05, 0.1) is 16.2 Å². The Hall–Kier alpha value is -1.08. The van der Waals surface area contributed by atoms with E-state index in [1.807, 2.05) is 0 Å².